The maximum atomic E-state index is 4.58. The summed E-state index contributed by atoms with van der Waals surface area (Å²) in [5.74, 6) is 0. The van der Waals surface area contributed by atoms with Crippen molar-refractivity contribution in [3.63, 3.8) is 0 Å². The van der Waals surface area contributed by atoms with E-state index in [4.69, 9.17) is 0 Å². The molecule has 0 unspecified atom stereocenters. The quantitative estimate of drug-likeness (QED) is 0.896. The van der Waals surface area contributed by atoms with Crippen LogP contribution in [0.25, 0.3) is 17.0 Å². The second-order valence-electron chi connectivity index (χ2n) is 6.46. The third-order valence-electron chi connectivity index (χ3n) is 3.18. The number of aryl methyl sites for hydroxylation is 1. The summed E-state index contributed by atoms with van der Waals surface area (Å²) in [5.41, 5.74) is 4.85. The Kier molecular flexibility index (Phi) is 4.24. The standard InChI is InChI=1S/C18H24N2/c1-13(12-19-18(3,4)5)10-15-11-14(2)20-17-9-7-6-8-16(15)17/h6-11,19H,12H2,1-5H3. The van der Waals surface area contributed by atoms with Crippen LogP contribution in [0.3, 0.4) is 0 Å². The Balaban J connectivity index is 2.33. The van der Waals surface area contributed by atoms with Crippen molar-refractivity contribution in [2.24, 2.45) is 0 Å². The van der Waals surface area contributed by atoms with E-state index in [1.165, 1.54) is 16.5 Å². The molecule has 0 spiro atoms. The highest BCUT2D eigenvalue weighted by molar-refractivity contribution is 5.88. The number of pyridine rings is 1. The molecule has 0 aliphatic rings. The van der Waals surface area contributed by atoms with Crippen molar-refractivity contribution < 1.29 is 0 Å². The lowest BCUT2D eigenvalue weighted by atomic mass is 10.0. The topological polar surface area (TPSA) is 24.9 Å². The average molecular weight is 268 g/mol. The first-order chi connectivity index (χ1) is 9.35. The second kappa shape index (κ2) is 5.76. The van der Waals surface area contributed by atoms with Crippen LogP contribution in [0.5, 0.6) is 0 Å². The predicted octanol–water partition coefficient (Wildman–Crippen LogP) is 4.33. The van der Waals surface area contributed by atoms with Crippen LogP contribution in [-0.4, -0.2) is 17.1 Å². The lowest BCUT2D eigenvalue weighted by molar-refractivity contribution is 0.445. The second-order valence-corrected chi connectivity index (χ2v) is 6.46. The zero-order valence-electron chi connectivity index (χ0n) is 13.1. The number of hydrogen-bond acceptors (Lipinski definition) is 2. The molecule has 0 fully saturated rings. The number of nitrogens with zero attached hydrogens (tertiary/aromatic N) is 1. The fourth-order valence-corrected chi connectivity index (χ4v) is 2.18. The Morgan fingerprint density at radius 1 is 1.25 bits per heavy atom. The van der Waals surface area contributed by atoms with Crippen LogP contribution in [0, 0.1) is 6.92 Å². The molecule has 1 N–H and O–H groups in total. The molecule has 2 rings (SSSR count). The van der Waals surface area contributed by atoms with Gasteiger partial charge >= 0.3 is 0 Å². The summed E-state index contributed by atoms with van der Waals surface area (Å²) in [4.78, 5) is 4.58. The van der Waals surface area contributed by atoms with Gasteiger partial charge in [-0.05, 0) is 52.3 Å². The van der Waals surface area contributed by atoms with Crippen LogP contribution in [0.2, 0.25) is 0 Å². The van der Waals surface area contributed by atoms with Crippen molar-refractivity contribution in [2.45, 2.75) is 40.2 Å². The first-order valence-electron chi connectivity index (χ1n) is 7.14. The zero-order chi connectivity index (χ0) is 14.8. The van der Waals surface area contributed by atoms with E-state index < -0.39 is 0 Å². The molecule has 0 aliphatic heterocycles. The van der Waals surface area contributed by atoms with E-state index in [2.05, 4.69) is 68.3 Å². The molecule has 0 amide bonds. The lowest BCUT2D eigenvalue weighted by Gasteiger charge is -2.20. The van der Waals surface area contributed by atoms with Crippen LogP contribution in [0.15, 0.2) is 35.9 Å². The van der Waals surface area contributed by atoms with E-state index in [9.17, 15) is 0 Å². The first kappa shape index (κ1) is 14.7. The van der Waals surface area contributed by atoms with Crippen molar-refractivity contribution in [3.05, 3.63) is 47.2 Å². The molecule has 1 aromatic heterocycles. The number of hydrogen-bond donors (Lipinski definition) is 1. The highest BCUT2D eigenvalue weighted by Gasteiger charge is 2.08. The largest absolute Gasteiger partial charge is 0.308 e. The molecule has 0 radical (unpaired) electrons. The summed E-state index contributed by atoms with van der Waals surface area (Å²) in [6.07, 6.45) is 2.26. The van der Waals surface area contributed by atoms with Crippen LogP contribution < -0.4 is 5.32 Å². The number of nitrogens with one attached hydrogen (secondary N) is 1. The van der Waals surface area contributed by atoms with Crippen molar-refractivity contribution in [3.8, 4) is 0 Å². The Labute approximate surface area is 121 Å². The Morgan fingerprint density at radius 2 is 1.95 bits per heavy atom. The van der Waals surface area contributed by atoms with Gasteiger partial charge in [0.15, 0.2) is 0 Å². The molecule has 0 saturated carbocycles. The van der Waals surface area contributed by atoms with E-state index in [0.29, 0.717) is 0 Å². The monoisotopic (exact) mass is 268 g/mol. The molecule has 2 nitrogen and oxygen atoms in total. The van der Waals surface area contributed by atoms with Crippen LogP contribution in [0.4, 0.5) is 0 Å². The summed E-state index contributed by atoms with van der Waals surface area (Å²) < 4.78 is 0. The molecule has 0 aliphatic carbocycles. The molecule has 0 bridgehead atoms. The van der Waals surface area contributed by atoms with E-state index in [0.717, 1.165) is 17.8 Å². The molecule has 2 heteroatoms. The smallest absolute Gasteiger partial charge is 0.0711 e. The fourth-order valence-electron chi connectivity index (χ4n) is 2.18. The normalized spacial score (nSPS) is 12.9. The van der Waals surface area contributed by atoms with Gasteiger partial charge in [0.2, 0.25) is 0 Å². The number of rotatable bonds is 3. The highest BCUT2D eigenvalue weighted by atomic mass is 14.9. The minimum absolute atomic E-state index is 0.144. The number of fused-ring (bicyclic) bond motifs is 1. The first-order valence-corrected chi connectivity index (χ1v) is 7.14. The van der Waals surface area contributed by atoms with Crippen molar-refractivity contribution in [1.82, 2.24) is 10.3 Å². The molecular weight excluding hydrogens is 244 g/mol. The van der Waals surface area contributed by atoms with Gasteiger partial charge in [-0.15, -0.1) is 0 Å². The van der Waals surface area contributed by atoms with Gasteiger partial charge in [-0.25, -0.2) is 0 Å². The Morgan fingerprint density at radius 3 is 2.65 bits per heavy atom. The molecular formula is C18H24N2. The van der Waals surface area contributed by atoms with Crippen LogP contribution in [-0.2, 0) is 0 Å². The lowest BCUT2D eigenvalue weighted by Crippen LogP contribution is -2.36. The third kappa shape index (κ3) is 3.91. The zero-order valence-corrected chi connectivity index (χ0v) is 13.1. The van der Waals surface area contributed by atoms with Gasteiger partial charge in [-0.2, -0.15) is 0 Å². The number of aromatic nitrogens is 1. The third-order valence-corrected chi connectivity index (χ3v) is 3.18. The summed E-state index contributed by atoms with van der Waals surface area (Å²) >= 11 is 0. The van der Waals surface area contributed by atoms with Crippen LogP contribution >= 0.6 is 0 Å². The van der Waals surface area contributed by atoms with Crippen molar-refractivity contribution >= 4 is 17.0 Å². The summed E-state index contributed by atoms with van der Waals surface area (Å²) in [6.45, 7) is 11.7. The number of para-hydroxylation sites is 1. The van der Waals surface area contributed by atoms with E-state index in [-0.39, 0.29) is 5.54 Å². The van der Waals surface area contributed by atoms with E-state index >= 15 is 0 Å². The van der Waals surface area contributed by atoms with Crippen molar-refractivity contribution in [1.29, 1.82) is 0 Å². The summed E-state index contributed by atoms with van der Waals surface area (Å²) in [5, 5.41) is 4.74. The molecule has 20 heavy (non-hydrogen) atoms. The van der Waals surface area contributed by atoms with Crippen LogP contribution in [0.1, 0.15) is 39.0 Å². The molecule has 2 aromatic rings. The van der Waals surface area contributed by atoms with E-state index in [1.807, 2.05) is 13.0 Å². The molecule has 1 heterocycles. The molecule has 1 aromatic carbocycles. The maximum absolute atomic E-state index is 4.58. The van der Waals surface area contributed by atoms with Gasteiger partial charge < -0.3 is 5.32 Å². The Bertz CT molecular complexity index is 633. The van der Waals surface area contributed by atoms with Crippen molar-refractivity contribution in [2.75, 3.05) is 6.54 Å². The Hall–Kier alpha value is -1.67. The maximum Gasteiger partial charge on any atom is 0.0711 e. The molecule has 0 atom stereocenters. The molecule has 0 saturated heterocycles. The SMILES string of the molecule is CC(=Cc1cc(C)nc2ccccc12)CNC(C)(C)C. The summed E-state index contributed by atoms with van der Waals surface area (Å²) in [7, 11) is 0. The van der Waals surface area contributed by atoms with Gasteiger partial charge in [0.1, 0.15) is 0 Å². The predicted molar refractivity (Wildman–Crippen MR) is 87.9 cm³/mol. The fraction of sp³-hybridized carbons (Fsp3) is 0.389. The van der Waals surface area contributed by atoms with Gasteiger partial charge in [0.25, 0.3) is 0 Å². The van der Waals surface area contributed by atoms with Gasteiger partial charge in [0.05, 0.1) is 5.52 Å². The number of benzene rings is 1. The van der Waals surface area contributed by atoms with Gasteiger partial charge in [-0.1, -0.05) is 29.8 Å². The average Bonchev–Trinajstić information content (AvgIpc) is 2.35. The minimum Gasteiger partial charge on any atom is -0.308 e. The van der Waals surface area contributed by atoms with Gasteiger partial charge in [0, 0.05) is 23.2 Å². The van der Waals surface area contributed by atoms with Gasteiger partial charge in [-0.3, -0.25) is 4.98 Å². The minimum atomic E-state index is 0.144. The highest BCUT2D eigenvalue weighted by Crippen LogP contribution is 2.20. The molecule has 106 valence electrons. The van der Waals surface area contributed by atoms with E-state index in [1.54, 1.807) is 0 Å². The summed E-state index contributed by atoms with van der Waals surface area (Å²) in [6, 6.07) is 10.5.